The Hall–Kier alpha value is -1.29. The molecular weight excluding hydrogens is 151 g/mol. The Morgan fingerprint density at radius 1 is 1.42 bits per heavy atom. The standard InChI is InChI=1S/C11H11F/c1-3-9(2)8-10-4-6-11(12)7-5-10/h1,4-7,9H,8H2,2H3/t9-/m1/s1. The fourth-order valence-electron chi connectivity index (χ4n) is 1.03. The van der Waals surface area contributed by atoms with Crippen molar-refractivity contribution in [3.8, 4) is 12.3 Å². The summed E-state index contributed by atoms with van der Waals surface area (Å²) in [5.41, 5.74) is 1.09. The number of benzene rings is 1. The Labute approximate surface area is 72.4 Å². The van der Waals surface area contributed by atoms with E-state index < -0.39 is 0 Å². The van der Waals surface area contributed by atoms with E-state index in [1.807, 2.05) is 6.92 Å². The zero-order chi connectivity index (χ0) is 8.97. The van der Waals surface area contributed by atoms with Gasteiger partial charge in [-0.3, -0.25) is 0 Å². The molecule has 0 aliphatic rings. The first kappa shape index (κ1) is 8.80. The number of halogens is 1. The SMILES string of the molecule is C#C[C@@H](C)Cc1ccc(F)cc1. The van der Waals surface area contributed by atoms with Crippen molar-refractivity contribution in [1.29, 1.82) is 0 Å². The van der Waals surface area contributed by atoms with E-state index in [2.05, 4.69) is 5.92 Å². The molecule has 0 unspecified atom stereocenters. The minimum atomic E-state index is -0.202. The molecule has 1 aromatic rings. The lowest BCUT2D eigenvalue weighted by atomic mass is 10.0. The summed E-state index contributed by atoms with van der Waals surface area (Å²) in [6.45, 7) is 1.98. The van der Waals surface area contributed by atoms with E-state index in [-0.39, 0.29) is 11.7 Å². The van der Waals surface area contributed by atoms with E-state index in [1.165, 1.54) is 12.1 Å². The van der Waals surface area contributed by atoms with Crippen molar-refractivity contribution in [2.45, 2.75) is 13.3 Å². The summed E-state index contributed by atoms with van der Waals surface area (Å²) in [4.78, 5) is 0. The highest BCUT2D eigenvalue weighted by molar-refractivity contribution is 5.17. The monoisotopic (exact) mass is 162 g/mol. The lowest BCUT2D eigenvalue weighted by Gasteiger charge is -2.02. The van der Waals surface area contributed by atoms with Crippen molar-refractivity contribution in [2.75, 3.05) is 0 Å². The molecule has 0 spiro atoms. The van der Waals surface area contributed by atoms with Gasteiger partial charge in [-0.05, 0) is 24.1 Å². The molecule has 0 saturated heterocycles. The van der Waals surface area contributed by atoms with Gasteiger partial charge in [-0.1, -0.05) is 19.1 Å². The topological polar surface area (TPSA) is 0 Å². The van der Waals surface area contributed by atoms with E-state index in [4.69, 9.17) is 6.42 Å². The predicted octanol–water partition coefficient (Wildman–Crippen LogP) is 2.64. The van der Waals surface area contributed by atoms with Gasteiger partial charge >= 0.3 is 0 Å². The van der Waals surface area contributed by atoms with Crippen LogP contribution in [0.2, 0.25) is 0 Å². The van der Waals surface area contributed by atoms with Crippen LogP contribution in [0.15, 0.2) is 24.3 Å². The Morgan fingerprint density at radius 2 is 2.00 bits per heavy atom. The van der Waals surface area contributed by atoms with Gasteiger partial charge in [0, 0.05) is 5.92 Å². The smallest absolute Gasteiger partial charge is 0.123 e. The number of hydrogen-bond donors (Lipinski definition) is 0. The van der Waals surface area contributed by atoms with Crippen LogP contribution in [0.25, 0.3) is 0 Å². The minimum absolute atomic E-state index is 0.202. The lowest BCUT2D eigenvalue weighted by molar-refractivity contribution is 0.626. The Balaban J connectivity index is 2.66. The van der Waals surface area contributed by atoms with Crippen LogP contribution in [-0.4, -0.2) is 0 Å². The van der Waals surface area contributed by atoms with Crippen molar-refractivity contribution in [1.82, 2.24) is 0 Å². The van der Waals surface area contributed by atoms with Crippen LogP contribution in [0.5, 0.6) is 0 Å². The third-order valence-electron chi connectivity index (χ3n) is 1.74. The van der Waals surface area contributed by atoms with Crippen LogP contribution in [0.1, 0.15) is 12.5 Å². The quantitative estimate of drug-likeness (QED) is 0.586. The Bertz CT molecular complexity index is 279. The van der Waals surface area contributed by atoms with Gasteiger partial charge in [0.05, 0.1) is 0 Å². The average molecular weight is 162 g/mol. The summed E-state index contributed by atoms with van der Waals surface area (Å²) in [5.74, 6) is 2.65. The van der Waals surface area contributed by atoms with E-state index in [1.54, 1.807) is 12.1 Å². The molecule has 0 N–H and O–H groups in total. The Kier molecular flexibility index (Phi) is 2.88. The molecule has 0 aromatic heterocycles. The van der Waals surface area contributed by atoms with Gasteiger partial charge in [-0.25, -0.2) is 4.39 Å². The maximum Gasteiger partial charge on any atom is 0.123 e. The van der Waals surface area contributed by atoms with Crippen molar-refractivity contribution in [3.05, 3.63) is 35.6 Å². The first-order chi connectivity index (χ1) is 5.72. The number of rotatable bonds is 2. The van der Waals surface area contributed by atoms with E-state index >= 15 is 0 Å². The zero-order valence-electron chi connectivity index (χ0n) is 7.05. The van der Waals surface area contributed by atoms with E-state index in [0.717, 1.165) is 12.0 Å². The average Bonchev–Trinajstić information content (AvgIpc) is 2.09. The summed E-state index contributed by atoms with van der Waals surface area (Å²) in [7, 11) is 0. The van der Waals surface area contributed by atoms with Gasteiger partial charge < -0.3 is 0 Å². The first-order valence-electron chi connectivity index (χ1n) is 3.93. The molecule has 62 valence electrons. The van der Waals surface area contributed by atoms with Gasteiger partial charge in [-0.2, -0.15) is 0 Å². The summed E-state index contributed by atoms with van der Waals surface area (Å²) in [5, 5.41) is 0. The van der Waals surface area contributed by atoms with Gasteiger partial charge in [0.15, 0.2) is 0 Å². The molecule has 0 saturated carbocycles. The van der Waals surface area contributed by atoms with Gasteiger partial charge in [0.2, 0.25) is 0 Å². The van der Waals surface area contributed by atoms with Gasteiger partial charge in [-0.15, -0.1) is 12.3 Å². The highest BCUT2D eigenvalue weighted by atomic mass is 19.1. The fraction of sp³-hybridized carbons (Fsp3) is 0.273. The van der Waals surface area contributed by atoms with E-state index in [0.29, 0.717) is 0 Å². The molecule has 0 fully saturated rings. The fourth-order valence-corrected chi connectivity index (χ4v) is 1.03. The summed E-state index contributed by atoms with van der Waals surface area (Å²) in [6, 6.07) is 6.45. The molecule has 0 aliphatic carbocycles. The minimum Gasteiger partial charge on any atom is -0.207 e. The molecule has 1 atom stereocenters. The molecule has 1 rings (SSSR count). The molecular formula is C11H11F. The highest BCUT2D eigenvalue weighted by Gasteiger charge is 1.98. The molecule has 12 heavy (non-hydrogen) atoms. The van der Waals surface area contributed by atoms with Crippen LogP contribution in [0.3, 0.4) is 0 Å². The highest BCUT2D eigenvalue weighted by Crippen LogP contribution is 2.08. The molecule has 0 bridgehead atoms. The van der Waals surface area contributed by atoms with Crippen LogP contribution in [0, 0.1) is 24.1 Å². The summed E-state index contributed by atoms with van der Waals surface area (Å²) < 4.78 is 12.5. The molecule has 1 heteroatoms. The summed E-state index contributed by atoms with van der Waals surface area (Å²) in [6.07, 6.45) is 6.04. The number of hydrogen-bond acceptors (Lipinski definition) is 0. The van der Waals surface area contributed by atoms with Crippen LogP contribution in [-0.2, 0) is 6.42 Å². The molecule has 0 amide bonds. The largest absolute Gasteiger partial charge is 0.207 e. The lowest BCUT2D eigenvalue weighted by Crippen LogP contribution is -1.95. The third-order valence-corrected chi connectivity index (χ3v) is 1.74. The Morgan fingerprint density at radius 3 is 2.50 bits per heavy atom. The van der Waals surface area contributed by atoms with Crippen molar-refractivity contribution < 1.29 is 4.39 Å². The van der Waals surface area contributed by atoms with Crippen LogP contribution < -0.4 is 0 Å². The molecule has 0 aliphatic heterocycles. The van der Waals surface area contributed by atoms with Gasteiger partial charge in [0.1, 0.15) is 5.82 Å². The van der Waals surface area contributed by atoms with Crippen molar-refractivity contribution in [3.63, 3.8) is 0 Å². The summed E-state index contributed by atoms with van der Waals surface area (Å²) >= 11 is 0. The second-order valence-corrected chi connectivity index (χ2v) is 2.90. The molecule has 0 nitrogen and oxygen atoms in total. The van der Waals surface area contributed by atoms with Crippen LogP contribution in [0.4, 0.5) is 4.39 Å². The van der Waals surface area contributed by atoms with Gasteiger partial charge in [0.25, 0.3) is 0 Å². The second-order valence-electron chi connectivity index (χ2n) is 2.90. The normalized spacial score (nSPS) is 12.1. The van der Waals surface area contributed by atoms with Crippen LogP contribution >= 0.6 is 0 Å². The second kappa shape index (κ2) is 3.92. The molecule has 1 aromatic carbocycles. The predicted molar refractivity (Wildman–Crippen MR) is 48.1 cm³/mol. The molecule has 0 radical (unpaired) electrons. The van der Waals surface area contributed by atoms with E-state index in [9.17, 15) is 4.39 Å². The van der Waals surface area contributed by atoms with Crippen molar-refractivity contribution >= 4 is 0 Å². The first-order valence-corrected chi connectivity index (χ1v) is 3.93. The van der Waals surface area contributed by atoms with Crippen molar-refractivity contribution in [2.24, 2.45) is 5.92 Å². The maximum absolute atomic E-state index is 12.5. The zero-order valence-corrected chi connectivity index (χ0v) is 7.05. The molecule has 0 heterocycles. The maximum atomic E-state index is 12.5. The number of terminal acetylenes is 1. The third kappa shape index (κ3) is 2.39.